The summed E-state index contributed by atoms with van der Waals surface area (Å²) in [6.07, 6.45) is 8.72. The fourth-order valence-corrected chi connectivity index (χ4v) is 4.81. The molecule has 0 fully saturated rings. The van der Waals surface area contributed by atoms with Gasteiger partial charge in [0, 0.05) is 44.1 Å². The molecule has 5 heteroatoms. The number of hydrogen-bond acceptors (Lipinski definition) is 4. The molecule has 0 saturated carbocycles. The Hall–Kier alpha value is -3.18. The largest absolute Gasteiger partial charge is 0.340 e. The first-order valence-electron chi connectivity index (χ1n) is 13.0. The lowest BCUT2D eigenvalue weighted by Gasteiger charge is -2.29. The highest BCUT2D eigenvalue weighted by Crippen LogP contribution is 2.29. The number of fused-ring (bicyclic) bond motifs is 1. The zero-order valence-corrected chi connectivity index (χ0v) is 21.2. The summed E-state index contributed by atoms with van der Waals surface area (Å²) in [7, 11) is 0. The number of aryl methyl sites for hydroxylation is 1. The van der Waals surface area contributed by atoms with Crippen molar-refractivity contribution >= 4 is 23.1 Å². The summed E-state index contributed by atoms with van der Waals surface area (Å²) in [5.74, 6) is 0.923. The molecule has 2 aromatic carbocycles. The molecule has 0 bridgehead atoms. The predicted molar refractivity (Wildman–Crippen MR) is 145 cm³/mol. The van der Waals surface area contributed by atoms with Crippen molar-refractivity contribution in [1.82, 2.24) is 9.88 Å². The molecule has 35 heavy (non-hydrogen) atoms. The smallest absolute Gasteiger partial charge is 0.223 e. The van der Waals surface area contributed by atoms with Gasteiger partial charge in [-0.25, -0.2) is 4.98 Å². The van der Waals surface area contributed by atoms with Crippen molar-refractivity contribution in [2.24, 2.45) is 0 Å². The summed E-state index contributed by atoms with van der Waals surface area (Å²) < 4.78 is 0. The Morgan fingerprint density at radius 1 is 0.914 bits per heavy atom. The number of pyridine rings is 1. The van der Waals surface area contributed by atoms with Crippen LogP contribution in [0.25, 0.3) is 0 Å². The maximum Gasteiger partial charge on any atom is 0.223 e. The molecule has 5 nitrogen and oxygen atoms in total. The standard InChI is InChI=1S/C30H38N4O/c1-3-25-12-14-26(15-13-25)22-33-19-9-5-4-6-10-20-34(24(2)35)29-17-16-28(21-27(29)23-33)32-30-11-7-8-18-31-30/h7-8,11-18,21H,3-6,9-10,19-20,22-23H2,1-2H3,(H,31,32). The van der Waals surface area contributed by atoms with Gasteiger partial charge < -0.3 is 10.2 Å². The van der Waals surface area contributed by atoms with Crippen LogP contribution in [-0.2, 0) is 24.3 Å². The Bertz CT molecular complexity index is 1080. The molecule has 0 radical (unpaired) electrons. The third kappa shape index (κ3) is 7.15. The summed E-state index contributed by atoms with van der Waals surface area (Å²) in [6.45, 7) is 7.40. The van der Waals surface area contributed by atoms with E-state index in [-0.39, 0.29) is 5.91 Å². The minimum Gasteiger partial charge on any atom is -0.340 e. The molecule has 1 N–H and O–H groups in total. The average molecular weight is 471 g/mol. The van der Waals surface area contributed by atoms with Crippen LogP contribution >= 0.6 is 0 Å². The van der Waals surface area contributed by atoms with E-state index in [9.17, 15) is 4.79 Å². The molecule has 184 valence electrons. The second kappa shape index (κ2) is 12.5. The Morgan fingerprint density at radius 3 is 2.37 bits per heavy atom. The van der Waals surface area contributed by atoms with Crippen molar-refractivity contribution in [3.8, 4) is 0 Å². The highest BCUT2D eigenvalue weighted by molar-refractivity contribution is 5.92. The van der Waals surface area contributed by atoms with E-state index in [2.05, 4.69) is 64.6 Å². The van der Waals surface area contributed by atoms with Gasteiger partial charge in [-0.3, -0.25) is 9.69 Å². The van der Waals surface area contributed by atoms with E-state index in [4.69, 9.17) is 0 Å². The van der Waals surface area contributed by atoms with E-state index in [0.717, 1.165) is 62.6 Å². The average Bonchev–Trinajstić information content (AvgIpc) is 2.86. The zero-order valence-electron chi connectivity index (χ0n) is 21.2. The van der Waals surface area contributed by atoms with E-state index < -0.39 is 0 Å². The normalized spacial score (nSPS) is 15.5. The molecule has 0 unspecified atom stereocenters. The Balaban J connectivity index is 1.65. The first-order chi connectivity index (χ1) is 17.1. The second-order valence-electron chi connectivity index (χ2n) is 9.50. The number of rotatable bonds is 5. The van der Waals surface area contributed by atoms with Crippen LogP contribution in [0.4, 0.5) is 17.2 Å². The predicted octanol–water partition coefficient (Wildman–Crippen LogP) is 6.71. The maximum atomic E-state index is 12.7. The molecular formula is C30H38N4O. The van der Waals surface area contributed by atoms with Crippen LogP contribution in [0.15, 0.2) is 66.9 Å². The van der Waals surface area contributed by atoms with Crippen LogP contribution in [0.3, 0.4) is 0 Å². The molecule has 0 aliphatic carbocycles. The van der Waals surface area contributed by atoms with E-state index in [1.807, 2.05) is 23.1 Å². The first-order valence-corrected chi connectivity index (χ1v) is 13.0. The summed E-state index contributed by atoms with van der Waals surface area (Å²) in [5.41, 5.74) is 5.89. The van der Waals surface area contributed by atoms with Gasteiger partial charge in [-0.1, -0.05) is 56.5 Å². The third-order valence-electron chi connectivity index (χ3n) is 6.78. The van der Waals surface area contributed by atoms with Gasteiger partial charge in [0.2, 0.25) is 5.91 Å². The van der Waals surface area contributed by atoms with Crippen LogP contribution < -0.4 is 10.2 Å². The molecule has 2 heterocycles. The van der Waals surface area contributed by atoms with Crippen LogP contribution in [-0.4, -0.2) is 28.9 Å². The highest BCUT2D eigenvalue weighted by Gasteiger charge is 2.19. The lowest BCUT2D eigenvalue weighted by Crippen LogP contribution is -2.32. The summed E-state index contributed by atoms with van der Waals surface area (Å²) >= 11 is 0. The van der Waals surface area contributed by atoms with Crippen LogP contribution in [0.2, 0.25) is 0 Å². The molecule has 4 rings (SSSR count). The number of nitrogens with zero attached hydrogens (tertiary/aromatic N) is 3. The molecule has 0 atom stereocenters. The first kappa shape index (κ1) is 24.9. The number of hydrogen-bond donors (Lipinski definition) is 1. The topological polar surface area (TPSA) is 48.5 Å². The lowest BCUT2D eigenvalue weighted by atomic mass is 10.0. The van der Waals surface area contributed by atoms with Gasteiger partial charge in [0.05, 0.1) is 0 Å². The summed E-state index contributed by atoms with van der Waals surface area (Å²) in [6, 6.07) is 21.2. The van der Waals surface area contributed by atoms with Gasteiger partial charge in [-0.2, -0.15) is 0 Å². The third-order valence-corrected chi connectivity index (χ3v) is 6.78. The van der Waals surface area contributed by atoms with Crippen molar-refractivity contribution in [2.45, 2.75) is 65.5 Å². The van der Waals surface area contributed by atoms with Crippen molar-refractivity contribution in [3.63, 3.8) is 0 Å². The fraction of sp³-hybridized carbons (Fsp3) is 0.400. The van der Waals surface area contributed by atoms with Crippen molar-refractivity contribution in [3.05, 3.63) is 83.6 Å². The summed E-state index contributed by atoms with van der Waals surface area (Å²) in [5, 5.41) is 3.43. The molecule has 1 aromatic heterocycles. The van der Waals surface area contributed by atoms with E-state index >= 15 is 0 Å². The second-order valence-corrected chi connectivity index (χ2v) is 9.50. The van der Waals surface area contributed by atoms with E-state index in [1.54, 1.807) is 13.1 Å². The maximum absolute atomic E-state index is 12.7. The van der Waals surface area contributed by atoms with Crippen LogP contribution in [0, 0.1) is 0 Å². The zero-order chi connectivity index (χ0) is 24.5. The van der Waals surface area contributed by atoms with Crippen molar-refractivity contribution < 1.29 is 4.79 Å². The molecule has 1 amide bonds. The van der Waals surface area contributed by atoms with E-state index in [1.165, 1.54) is 36.0 Å². The number of carbonyl (C=O) groups is 1. The van der Waals surface area contributed by atoms with Crippen LogP contribution in [0.1, 0.15) is 62.6 Å². The molecular weight excluding hydrogens is 432 g/mol. The van der Waals surface area contributed by atoms with Gasteiger partial charge in [-0.15, -0.1) is 0 Å². The van der Waals surface area contributed by atoms with Gasteiger partial charge in [0.1, 0.15) is 5.82 Å². The monoisotopic (exact) mass is 470 g/mol. The Labute approximate surface area is 210 Å². The minimum absolute atomic E-state index is 0.107. The van der Waals surface area contributed by atoms with Gasteiger partial charge in [0.15, 0.2) is 0 Å². The molecule has 0 spiro atoms. The number of benzene rings is 2. The molecule has 1 aliphatic heterocycles. The lowest BCUT2D eigenvalue weighted by molar-refractivity contribution is -0.116. The minimum atomic E-state index is 0.107. The number of amides is 1. The number of carbonyl (C=O) groups excluding carboxylic acids is 1. The van der Waals surface area contributed by atoms with Crippen molar-refractivity contribution in [2.75, 3.05) is 23.3 Å². The fourth-order valence-electron chi connectivity index (χ4n) is 4.81. The van der Waals surface area contributed by atoms with Crippen LogP contribution in [0.5, 0.6) is 0 Å². The molecule has 0 saturated heterocycles. The van der Waals surface area contributed by atoms with E-state index in [0.29, 0.717) is 0 Å². The van der Waals surface area contributed by atoms with Crippen molar-refractivity contribution in [1.29, 1.82) is 0 Å². The highest BCUT2D eigenvalue weighted by atomic mass is 16.2. The molecule has 3 aromatic rings. The number of aromatic nitrogens is 1. The van der Waals surface area contributed by atoms with Gasteiger partial charge >= 0.3 is 0 Å². The number of anilines is 3. The number of nitrogens with one attached hydrogen (secondary N) is 1. The molecule has 1 aliphatic rings. The quantitative estimate of drug-likeness (QED) is 0.450. The Kier molecular flexibility index (Phi) is 8.90. The van der Waals surface area contributed by atoms with Gasteiger partial charge in [0.25, 0.3) is 0 Å². The Morgan fingerprint density at radius 2 is 1.66 bits per heavy atom. The summed E-state index contributed by atoms with van der Waals surface area (Å²) in [4.78, 5) is 21.6. The SMILES string of the molecule is CCc1ccc(CN2CCCCCCCN(C(C)=O)c3ccc(Nc4ccccn4)cc3C2)cc1. The van der Waals surface area contributed by atoms with Gasteiger partial charge in [-0.05, 0) is 72.8 Å².